The van der Waals surface area contributed by atoms with Crippen LogP contribution in [0, 0.1) is 0 Å². The number of phenols is 1. The number of nitrogens with zero attached hydrogens (tertiary/aromatic N) is 3. The van der Waals surface area contributed by atoms with Crippen LogP contribution in [-0.4, -0.2) is 30.6 Å². The molecule has 3 aromatic rings. The van der Waals surface area contributed by atoms with Crippen molar-refractivity contribution in [2.45, 2.75) is 31.3 Å². The fraction of sp³-hybridized carbons (Fsp3) is 0.172. The minimum Gasteiger partial charge on any atom is -0.507 e. The van der Waals surface area contributed by atoms with E-state index in [9.17, 15) is 24.3 Å². The van der Waals surface area contributed by atoms with Gasteiger partial charge in [-0.25, -0.2) is 23.5 Å². The van der Waals surface area contributed by atoms with Crippen molar-refractivity contribution in [2.75, 3.05) is 0 Å². The quantitative estimate of drug-likeness (QED) is 0.380. The van der Waals surface area contributed by atoms with Crippen LogP contribution in [-0.2, 0) is 22.6 Å². The number of carbonyl (C=O) groups is 2. The number of para-hydroxylation sites is 2. The Hall–Kier alpha value is -4.24. The topological polar surface area (TPSA) is 103 Å². The lowest BCUT2D eigenvalue weighted by Crippen LogP contribution is -2.40. The number of rotatable bonds is 4. The van der Waals surface area contributed by atoms with Gasteiger partial charge in [0.25, 0.3) is 0 Å². The standard InChI is InChI=1S/C29H22BrN3O5/c1-2-7-16-8-6-11-19(26(16)35)24-18-12-13-31-28(37)32(17-9-4-3-5-10-17)29(38)33(31)22(18)14-20-25(24)23(34)15-21(30)27(20)36/h2-6,8-12,15,22,24,35H,1,7,13-14H2/t22-,24-/m1/s1. The van der Waals surface area contributed by atoms with E-state index in [2.05, 4.69) is 22.5 Å². The van der Waals surface area contributed by atoms with Crippen molar-refractivity contribution in [1.29, 1.82) is 0 Å². The van der Waals surface area contributed by atoms with E-state index in [0.717, 1.165) is 4.57 Å². The summed E-state index contributed by atoms with van der Waals surface area (Å²) in [6.45, 7) is 3.86. The number of aromatic nitrogens is 3. The minimum atomic E-state index is -0.766. The smallest absolute Gasteiger partial charge is 0.352 e. The molecule has 6 rings (SSSR count). The molecule has 8 nitrogen and oxygen atoms in total. The average molecular weight is 572 g/mol. The zero-order chi connectivity index (χ0) is 26.7. The number of ketones is 2. The summed E-state index contributed by atoms with van der Waals surface area (Å²) >= 11 is 3.21. The molecular formula is C29H22BrN3O5. The van der Waals surface area contributed by atoms with Gasteiger partial charge >= 0.3 is 11.4 Å². The van der Waals surface area contributed by atoms with Gasteiger partial charge in [0.1, 0.15) is 5.75 Å². The van der Waals surface area contributed by atoms with Crippen LogP contribution >= 0.6 is 15.9 Å². The number of aromatic hydroxyl groups is 1. The van der Waals surface area contributed by atoms with E-state index in [1.54, 1.807) is 54.6 Å². The van der Waals surface area contributed by atoms with Gasteiger partial charge in [-0.2, -0.15) is 0 Å². The molecule has 0 saturated heterocycles. The van der Waals surface area contributed by atoms with Gasteiger partial charge in [-0.05, 0) is 45.6 Å². The number of hydrogen-bond donors (Lipinski definition) is 1. The molecule has 0 unspecified atom stereocenters. The van der Waals surface area contributed by atoms with E-state index < -0.39 is 23.3 Å². The van der Waals surface area contributed by atoms with Crippen molar-refractivity contribution >= 4 is 27.5 Å². The molecule has 0 amide bonds. The third-order valence-electron chi connectivity index (χ3n) is 7.44. The first-order valence-electron chi connectivity index (χ1n) is 12.1. The summed E-state index contributed by atoms with van der Waals surface area (Å²) in [4.78, 5) is 53.8. The highest BCUT2D eigenvalue weighted by Gasteiger charge is 2.45. The number of halogens is 1. The molecule has 2 atom stereocenters. The molecule has 1 aliphatic heterocycles. The Morgan fingerprint density at radius 1 is 1.03 bits per heavy atom. The fourth-order valence-corrected chi connectivity index (χ4v) is 6.24. The molecule has 9 heteroatoms. The van der Waals surface area contributed by atoms with Crippen molar-refractivity contribution < 1.29 is 14.7 Å². The van der Waals surface area contributed by atoms with Crippen molar-refractivity contribution in [1.82, 2.24) is 13.9 Å². The van der Waals surface area contributed by atoms with E-state index in [1.807, 2.05) is 6.08 Å². The van der Waals surface area contributed by atoms with Gasteiger partial charge in [-0.1, -0.05) is 48.6 Å². The Labute approximate surface area is 225 Å². The van der Waals surface area contributed by atoms with Gasteiger partial charge in [0, 0.05) is 35.1 Å². The third kappa shape index (κ3) is 3.42. The van der Waals surface area contributed by atoms with Crippen LogP contribution in [0.15, 0.2) is 104 Å². The average Bonchev–Trinajstić information content (AvgIpc) is 3.18. The summed E-state index contributed by atoms with van der Waals surface area (Å²) in [6, 6.07) is 13.2. The Morgan fingerprint density at radius 3 is 2.53 bits per heavy atom. The highest BCUT2D eigenvalue weighted by Crippen LogP contribution is 2.52. The minimum absolute atomic E-state index is 0.0110. The normalized spacial score (nSPS) is 20.3. The molecule has 1 aromatic heterocycles. The number of fused-ring (bicyclic) bond motifs is 3. The molecule has 0 radical (unpaired) electrons. The summed E-state index contributed by atoms with van der Waals surface area (Å²) < 4.78 is 4.00. The molecule has 38 heavy (non-hydrogen) atoms. The number of carbonyl (C=O) groups excluding carboxylic acids is 2. The summed E-state index contributed by atoms with van der Waals surface area (Å²) in [5, 5.41) is 11.3. The molecule has 0 fully saturated rings. The first-order valence-corrected chi connectivity index (χ1v) is 12.9. The lowest BCUT2D eigenvalue weighted by molar-refractivity contribution is -0.115. The van der Waals surface area contributed by atoms with Gasteiger partial charge in [0.2, 0.25) is 0 Å². The number of phenolic OH excluding ortho intramolecular Hbond substituents is 1. The largest absolute Gasteiger partial charge is 0.507 e. The van der Waals surface area contributed by atoms with E-state index in [0.29, 0.717) is 28.8 Å². The third-order valence-corrected chi connectivity index (χ3v) is 8.03. The molecule has 0 bridgehead atoms. The first kappa shape index (κ1) is 24.1. The molecule has 3 aliphatic rings. The fourth-order valence-electron chi connectivity index (χ4n) is 5.80. The van der Waals surface area contributed by atoms with Crippen LogP contribution in [0.2, 0.25) is 0 Å². The SMILES string of the molecule is C=CCc1cccc([C@H]2C3=CCn4c(=O)n(-c5ccccc5)c(=O)n4[C@@H]3CC3=C2C(=O)C=C(Br)C3=O)c1O. The number of benzene rings is 2. The van der Waals surface area contributed by atoms with Crippen molar-refractivity contribution in [3.8, 4) is 11.4 Å². The maximum Gasteiger partial charge on any atom is 0.352 e. The zero-order valence-electron chi connectivity index (χ0n) is 20.1. The van der Waals surface area contributed by atoms with Gasteiger partial charge < -0.3 is 5.11 Å². The van der Waals surface area contributed by atoms with Crippen LogP contribution in [0.4, 0.5) is 0 Å². The second-order valence-corrected chi connectivity index (χ2v) is 10.3. The van der Waals surface area contributed by atoms with Crippen LogP contribution in [0.3, 0.4) is 0 Å². The van der Waals surface area contributed by atoms with Gasteiger partial charge in [-0.3, -0.25) is 9.59 Å². The van der Waals surface area contributed by atoms with Crippen molar-refractivity contribution in [3.63, 3.8) is 0 Å². The lowest BCUT2D eigenvalue weighted by Gasteiger charge is -2.39. The zero-order valence-corrected chi connectivity index (χ0v) is 21.7. The highest BCUT2D eigenvalue weighted by molar-refractivity contribution is 9.12. The summed E-state index contributed by atoms with van der Waals surface area (Å²) in [5.41, 5.74) is 1.76. The molecule has 2 aromatic carbocycles. The Morgan fingerprint density at radius 2 is 1.79 bits per heavy atom. The highest BCUT2D eigenvalue weighted by atomic mass is 79.9. The number of Topliss-reactive ketones (excluding diaryl/α,β-unsaturated/α-hetero) is 1. The van der Waals surface area contributed by atoms with Gasteiger partial charge in [0.05, 0.1) is 22.8 Å². The van der Waals surface area contributed by atoms with Gasteiger partial charge in [0.15, 0.2) is 11.6 Å². The predicted molar refractivity (Wildman–Crippen MR) is 145 cm³/mol. The van der Waals surface area contributed by atoms with Crippen LogP contribution in [0.25, 0.3) is 5.69 Å². The first-order chi connectivity index (χ1) is 18.3. The summed E-state index contributed by atoms with van der Waals surface area (Å²) in [5.74, 6) is -1.43. The lowest BCUT2D eigenvalue weighted by atomic mass is 9.68. The Balaban J connectivity index is 1.60. The van der Waals surface area contributed by atoms with E-state index in [4.69, 9.17) is 0 Å². The Kier molecular flexibility index (Phi) is 5.68. The molecule has 190 valence electrons. The molecule has 1 N–H and O–H groups in total. The number of allylic oxidation sites excluding steroid dienone is 7. The molecular weight excluding hydrogens is 550 g/mol. The van der Waals surface area contributed by atoms with Crippen LogP contribution < -0.4 is 11.4 Å². The van der Waals surface area contributed by atoms with E-state index >= 15 is 0 Å². The number of hydrogen-bond acceptors (Lipinski definition) is 5. The Bertz CT molecular complexity index is 1770. The molecule has 2 heterocycles. The molecule has 2 aliphatic carbocycles. The predicted octanol–water partition coefficient (Wildman–Crippen LogP) is 3.63. The second-order valence-electron chi connectivity index (χ2n) is 9.45. The van der Waals surface area contributed by atoms with Crippen molar-refractivity contribution in [3.05, 3.63) is 127 Å². The summed E-state index contributed by atoms with van der Waals surface area (Å²) in [6.07, 6.45) is 5.25. The van der Waals surface area contributed by atoms with Gasteiger partial charge in [-0.15, -0.1) is 6.58 Å². The molecule has 0 spiro atoms. The van der Waals surface area contributed by atoms with Crippen molar-refractivity contribution in [2.24, 2.45) is 0 Å². The maximum absolute atomic E-state index is 13.7. The van der Waals surface area contributed by atoms with Crippen LogP contribution in [0.1, 0.15) is 29.5 Å². The maximum atomic E-state index is 13.7. The summed E-state index contributed by atoms with van der Waals surface area (Å²) in [7, 11) is 0. The second kappa shape index (κ2) is 8.95. The van der Waals surface area contributed by atoms with E-state index in [1.165, 1.54) is 15.4 Å². The monoisotopic (exact) mass is 571 g/mol. The van der Waals surface area contributed by atoms with Crippen LogP contribution in [0.5, 0.6) is 5.75 Å². The molecule has 0 saturated carbocycles. The van der Waals surface area contributed by atoms with E-state index in [-0.39, 0.29) is 45.9 Å².